The number of hydrogen-bond acceptors (Lipinski definition) is 5. The zero-order valence-electron chi connectivity index (χ0n) is 11.1. The highest BCUT2D eigenvalue weighted by molar-refractivity contribution is 5.91. The van der Waals surface area contributed by atoms with Crippen molar-refractivity contribution in [2.75, 3.05) is 18.1 Å². The van der Waals surface area contributed by atoms with E-state index in [0.29, 0.717) is 5.56 Å². The molecule has 104 valence electrons. The molecule has 2 aromatic rings. The number of piperidine rings is 1. The van der Waals surface area contributed by atoms with Gasteiger partial charge < -0.3 is 5.11 Å². The third kappa shape index (κ3) is 2.79. The monoisotopic (exact) mass is 272 g/mol. The van der Waals surface area contributed by atoms with E-state index in [9.17, 15) is 5.11 Å². The van der Waals surface area contributed by atoms with Crippen LogP contribution in [0.25, 0.3) is 0 Å². The van der Waals surface area contributed by atoms with E-state index in [2.05, 4.69) is 15.3 Å². The van der Waals surface area contributed by atoms with Gasteiger partial charge in [-0.3, -0.25) is 4.52 Å². The van der Waals surface area contributed by atoms with Gasteiger partial charge in [0.1, 0.15) is 0 Å². The number of benzene rings is 1. The molecule has 0 bridgehead atoms. The molecule has 1 fully saturated rings. The molecule has 0 radical (unpaired) electrons. The first-order valence-electron chi connectivity index (χ1n) is 6.78. The SMILES string of the molecule is [O-]C(=Nc1c[n+](N2CCCCC2)no1)c1ccccc1. The number of aliphatic imine (C=N–C) groups is 1. The molecule has 1 aromatic carbocycles. The van der Waals surface area contributed by atoms with E-state index < -0.39 is 0 Å². The van der Waals surface area contributed by atoms with Crippen LogP contribution in [0, 0.1) is 0 Å². The molecule has 6 heteroatoms. The normalized spacial score (nSPS) is 16.4. The maximum atomic E-state index is 11.9. The lowest BCUT2D eigenvalue weighted by molar-refractivity contribution is -0.759. The first-order chi connectivity index (χ1) is 9.83. The Balaban J connectivity index is 1.76. The standard InChI is InChI=1S/C14H16N4O2/c19-14(12-7-3-1-4-8-12)15-13-11-18(16-20-13)17-9-5-2-6-10-17/h1,3-4,7-8,11H,2,5-6,9-10H2. The van der Waals surface area contributed by atoms with E-state index in [1.807, 2.05) is 6.07 Å². The number of nitrogens with zero attached hydrogens (tertiary/aromatic N) is 4. The number of hydrogen-bond donors (Lipinski definition) is 0. The lowest BCUT2D eigenvalue weighted by Gasteiger charge is -2.17. The van der Waals surface area contributed by atoms with Crippen LogP contribution in [-0.4, -0.2) is 24.3 Å². The second kappa shape index (κ2) is 5.73. The van der Waals surface area contributed by atoms with Crippen molar-refractivity contribution in [2.24, 2.45) is 4.99 Å². The van der Waals surface area contributed by atoms with Crippen LogP contribution in [-0.2, 0) is 0 Å². The van der Waals surface area contributed by atoms with Gasteiger partial charge >= 0.3 is 5.88 Å². The first-order valence-corrected chi connectivity index (χ1v) is 6.78. The molecule has 0 saturated carbocycles. The van der Waals surface area contributed by atoms with Crippen molar-refractivity contribution in [1.82, 2.24) is 5.27 Å². The predicted octanol–water partition coefficient (Wildman–Crippen LogP) is 0.523. The molecule has 1 aromatic heterocycles. The molecule has 0 N–H and O–H groups in total. The largest absolute Gasteiger partial charge is 0.858 e. The predicted molar refractivity (Wildman–Crippen MR) is 71.1 cm³/mol. The molecule has 1 aliphatic rings. The summed E-state index contributed by atoms with van der Waals surface area (Å²) in [6.45, 7) is 1.90. The van der Waals surface area contributed by atoms with Crippen molar-refractivity contribution in [3.63, 3.8) is 0 Å². The molecule has 3 rings (SSSR count). The summed E-state index contributed by atoms with van der Waals surface area (Å²) in [4.78, 5) is 5.56. The van der Waals surface area contributed by atoms with Gasteiger partial charge in [-0.2, -0.15) is 5.01 Å². The number of aromatic nitrogens is 2. The average Bonchev–Trinajstić information content (AvgIpc) is 2.97. The van der Waals surface area contributed by atoms with Gasteiger partial charge in [0.2, 0.25) is 5.27 Å². The molecule has 6 nitrogen and oxygen atoms in total. The molecule has 0 spiro atoms. The summed E-state index contributed by atoms with van der Waals surface area (Å²) in [5.74, 6) is -0.100. The third-order valence-electron chi connectivity index (χ3n) is 3.30. The molecule has 0 amide bonds. The zero-order valence-corrected chi connectivity index (χ0v) is 11.1. The minimum atomic E-state index is -0.326. The highest BCUT2D eigenvalue weighted by atomic mass is 16.5. The lowest BCUT2D eigenvalue weighted by Crippen LogP contribution is -2.60. The van der Waals surface area contributed by atoms with E-state index >= 15 is 0 Å². The summed E-state index contributed by atoms with van der Waals surface area (Å²) in [6, 6.07) is 8.91. The van der Waals surface area contributed by atoms with Crippen LogP contribution >= 0.6 is 0 Å². The summed E-state index contributed by atoms with van der Waals surface area (Å²) >= 11 is 0. The zero-order chi connectivity index (χ0) is 13.8. The topological polar surface area (TPSA) is 68.6 Å². The van der Waals surface area contributed by atoms with Crippen LogP contribution in [0.1, 0.15) is 24.8 Å². The van der Waals surface area contributed by atoms with Crippen molar-refractivity contribution < 1.29 is 14.4 Å². The van der Waals surface area contributed by atoms with E-state index in [4.69, 9.17) is 4.52 Å². The van der Waals surface area contributed by atoms with Gasteiger partial charge in [-0.1, -0.05) is 30.3 Å². The fourth-order valence-electron chi connectivity index (χ4n) is 2.24. The third-order valence-corrected chi connectivity index (χ3v) is 3.30. The van der Waals surface area contributed by atoms with Crippen molar-refractivity contribution in [3.8, 4) is 0 Å². The van der Waals surface area contributed by atoms with Crippen molar-refractivity contribution in [2.45, 2.75) is 19.3 Å². The molecule has 0 atom stereocenters. The molecular formula is C14H16N4O2. The maximum absolute atomic E-state index is 11.9. The maximum Gasteiger partial charge on any atom is 0.324 e. The Morgan fingerprint density at radius 2 is 1.95 bits per heavy atom. The summed E-state index contributed by atoms with van der Waals surface area (Å²) in [6.07, 6.45) is 5.19. The second-order valence-corrected chi connectivity index (χ2v) is 4.76. The molecule has 1 saturated heterocycles. The summed E-state index contributed by atoms with van der Waals surface area (Å²) in [7, 11) is 0. The van der Waals surface area contributed by atoms with Gasteiger partial charge in [-0.05, 0) is 30.7 Å². The molecule has 1 aliphatic heterocycles. The minimum absolute atomic E-state index is 0.226. The Morgan fingerprint density at radius 1 is 1.20 bits per heavy atom. The highest BCUT2D eigenvalue weighted by Crippen LogP contribution is 2.10. The highest BCUT2D eigenvalue weighted by Gasteiger charge is 2.22. The fourth-order valence-corrected chi connectivity index (χ4v) is 2.24. The van der Waals surface area contributed by atoms with E-state index in [-0.39, 0.29) is 11.8 Å². The Kier molecular flexibility index (Phi) is 3.62. The van der Waals surface area contributed by atoms with Gasteiger partial charge in [-0.15, -0.1) is 0 Å². The average molecular weight is 272 g/mol. The first kappa shape index (κ1) is 12.7. The minimum Gasteiger partial charge on any atom is -0.858 e. The van der Waals surface area contributed by atoms with Crippen LogP contribution < -0.4 is 14.9 Å². The molecule has 2 heterocycles. The van der Waals surface area contributed by atoms with Crippen LogP contribution in [0.3, 0.4) is 0 Å². The second-order valence-electron chi connectivity index (χ2n) is 4.76. The van der Waals surface area contributed by atoms with Gasteiger partial charge in [0.15, 0.2) is 0 Å². The van der Waals surface area contributed by atoms with Crippen LogP contribution in [0.2, 0.25) is 0 Å². The van der Waals surface area contributed by atoms with E-state index in [1.54, 1.807) is 35.3 Å². The van der Waals surface area contributed by atoms with Gasteiger partial charge in [-0.25, -0.2) is 4.99 Å². The lowest BCUT2D eigenvalue weighted by atomic mass is 10.2. The Labute approximate surface area is 116 Å². The van der Waals surface area contributed by atoms with Crippen molar-refractivity contribution in [1.29, 1.82) is 0 Å². The Bertz CT molecular complexity index is 588. The summed E-state index contributed by atoms with van der Waals surface area (Å²) < 4.78 is 5.09. The quantitative estimate of drug-likeness (QED) is 0.464. The van der Waals surface area contributed by atoms with E-state index in [0.717, 1.165) is 25.9 Å². The van der Waals surface area contributed by atoms with Crippen molar-refractivity contribution >= 4 is 11.8 Å². The Morgan fingerprint density at radius 3 is 2.70 bits per heavy atom. The van der Waals surface area contributed by atoms with E-state index in [1.165, 1.54) is 6.42 Å². The van der Waals surface area contributed by atoms with Gasteiger partial charge in [0, 0.05) is 0 Å². The molecule has 0 aliphatic carbocycles. The fraction of sp³-hybridized carbons (Fsp3) is 0.357. The van der Waals surface area contributed by atoms with Gasteiger partial charge in [0.05, 0.1) is 17.9 Å². The van der Waals surface area contributed by atoms with Crippen LogP contribution in [0.15, 0.2) is 46.0 Å². The Hall–Kier alpha value is -2.37. The molecular weight excluding hydrogens is 256 g/mol. The van der Waals surface area contributed by atoms with Crippen LogP contribution in [0.5, 0.6) is 0 Å². The van der Waals surface area contributed by atoms with Crippen LogP contribution in [0.4, 0.5) is 5.88 Å². The number of rotatable bonds is 3. The summed E-state index contributed by atoms with van der Waals surface area (Å²) in [5.41, 5.74) is 0.536. The van der Waals surface area contributed by atoms with Crippen molar-refractivity contribution in [3.05, 3.63) is 42.1 Å². The smallest absolute Gasteiger partial charge is 0.324 e. The summed E-state index contributed by atoms with van der Waals surface area (Å²) in [5, 5.41) is 17.9. The molecule has 0 unspecified atom stereocenters. The van der Waals surface area contributed by atoms with Gasteiger partial charge in [0.25, 0.3) is 6.20 Å². The molecule has 20 heavy (non-hydrogen) atoms.